The monoisotopic (exact) mass is 456 g/mol. The molecule has 0 aliphatic carbocycles. The number of ether oxygens (including phenoxy) is 1. The lowest BCUT2D eigenvalue weighted by Gasteiger charge is -2.34. The van der Waals surface area contributed by atoms with Crippen LogP contribution in [0.2, 0.25) is 5.02 Å². The van der Waals surface area contributed by atoms with Crippen LogP contribution in [0.25, 0.3) is 16.6 Å². The van der Waals surface area contributed by atoms with Gasteiger partial charge in [0, 0.05) is 37.3 Å². The Morgan fingerprint density at radius 1 is 1.06 bits per heavy atom. The Kier molecular flexibility index (Phi) is 6.34. The molecule has 0 saturated carbocycles. The fourth-order valence-corrected chi connectivity index (χ4v) is 4.19. The number of nitrogens with zero attached hydrogens (tertiary/aromatic N) is 4. The molecule has 1 aliphatic rings. The molecule has 0 atom stereocenters. The topological polar surface area (TPSA) is 76.8 Å². The van der Waals surface area contributed by atoms with E-state index >= 15 is 0 Å². The van der Waals surface area contributed by atoms with Gasteiger partial charge in [0.25, 0.3) is 5.56 Å². The Morgan fingerprint density at radius 3 is 2.50 bits per heavy atom. The maximum absolute atomic E-state index is 13.5. The van der Waals surface area contributed by atoms with Crippen LogP contribution in [0.1, 0.15) is 6.92 Å². The fraction of sp³-hybridized carbons (Fsp3) is 0.348. The minimum atomic E-state index is -0.599. The predicted molar refractivity (Wildman–Crippen MR) is 124 cm³/mol. The average Bonchev–Trinajstić information content (AvgIpc) is 2.81. The number of fused-ring (bicyclic) bond motifs is 1. The van der Waals surface area contributed by atoms with Gasteiger partial charge in [-0.25, -0.2) is 9.36 Å². The summed E-state index contributed by atoms with van der Waals surface area (Å²) in [7, 11) is 1.51. The number of halogens is 1. The van der Waals surface area contributed by atoms with Crippen molar-refractivity contribution < 1.29 is 9.53 Å². The summed E-state index contributed by atoms with van der Waals surface area (Å²) in [4.78, 5) is 43.8. The summed E-state index contributed by atoms with van der Waals surface area (Å²) in [6, 6.07) is 11.4. The fourth-order valence-electron chi connectivity index (χ4n) is 4.02. The highest BCUT2D eigenvalue weighted by Crippen LogP contribution is 2.18. The van der Waals surface area contributed by atoms with Gasteiger partial charge in [-0.2, -0.15) is 0 Å². The van der Waals surface area contributed by atoms with E-state index in [1.807, 2.05) is 0 Å². The summed E-state index contributed by atoms with van der Waals surface area (Å²) in [5.74, 6) is 0.349. The van der Waals surface area contributed by atoms with Crippen LogP contribution < -0.4 is 16.0 Å². The van der Waals surface area contributed by atoms with Gasteiger partial charge in [-0.1, -0.05) is 24.6 Å². The number of likely N-dealkylation sites (N-methyl/N-ethyl adjacent to an activating group) is 1. The molecule has 4 rings (SSSR count). The Bertz CT molecular complexity index is 1280. The molecule has 1 amide bonds. The van der Waals surface area contributed by atoms with Gasteiger partial charge in [-0.15, -0.1) is 0 Å². The van der Waals surface area contributed by atoms with E-state index in [1.165, 1.54) is 11.7 Å². The first-order valence-electron chi connectivity index (χ1n) is 10.5. The van der Waals surface area contributed by atoms with Crippen molar-refractivity contribution >= 4 is 28.4 Å². The van der Waals surface area contributed by atoms with Crippen molar-refractivity contribution in [2.45, 2.75) is 13.5 Å². The Balaban J connectivity index is 1.82. The SMILES string of the molecule is CCN1CCN(C(=O)Cn2c(=O)n(-c3cccc(OC)c3)c(=O)c3ccc(Cl)cc32)CC1. The van der Waals surface area contributed by atoms with Crippen LogP contribution in [0.4, 0.5) is 0 Å². The molecule has 1 aromatic heterocycles. The van der Waals surface area contributed by atoms with Crippen molar-refractivity contribution in [2.24, 2.45) is 0 Å². The Hall–Kier alpha value is -3.10. The van der Waals surface area contributed by atoms with E-state index in [1.54, 1.807) is 47.4 Å². The molecule has 9 heteroatoms. The second-order valence-corrected chi connectivity index (χ2v) is 8.12. The third kappa shape index (κ3) is 4.16. The average molecular weight is 457 g/mol. The molecule has 32 heavy (non-hydrogen) atoms. The number of carbonyl (C=O) groups is 1. The van der Waals surface area contributed by atoms with Crippen molar-refractivity contribution in [3.05, 3.63) is 68.3 Å². The van der Waals surface area contributed by atoms with Crippen LogP contribution in [0.15, 0.2) is 52.1 Å². The molecule has 0 N–H and O–H groups in total. The summed E-state index contributed by atoms with van der Waals surface area (Å²) in [5, 5.41) is 0.689. The van der Waals surface area contributed by atoms with Crippen molar-refractivity contribution in [1.82, 2.24) is 18.9 Å². The summed E-state index contributed by atoms with van der Waals surface area (Å²) in [6.45, 7) is 5.67. The predicted octanol–water partition coefficient (Wildman–Crippen LogP) is 1.98. The zero-order valence-corrected chi connectivity index (χ0v) is 18.8. The number of hydrogen-bond acceptors (Lipinski definition) is 5. The zero-order valence-electron chi connectivity index (χ0n) is 18.1. The highest BCUT2D eigenvalue weighted by atomic mass is 35.5. The second kappa shape index (κ2) is 9.18. The smallest absolute Gasteiger partial charge is 0.336 e. The summed E-state index contributed by atoms with van der Waals surface area (Å²) in [5.41, 5.74) is -0.366. The van der Waals surface area contributed by atoms with E-state index in [0.717, 1.165) is 24.2 Å². The second-order valence-electron chi connectivity index (χ2n) is 7.69. The molecule has 8 nitrogen and oxygen atoms in total. The lowest BCUT2D eigenvalue weighted by Crippen LogP contribution is -2.50. The van der Waals surface area contributed by atoms with Gasteiger partial charge in [-0.05, 0) is 36.9 Å². The van der Waals surface area contributed by atoms with Crippen molar-refractivity contribution in [3.63, 3.8) is 0 Å². The van der Waals surface area contributed by atoms with E-state index in [2.05, 4.69) is 11.8 Å². The van der Waals surface area contributed by atoms with E-state index in [9.17, 15) is 14.4 Å². The van der Waals surface area contributed by atoms with Crippen LogP contribution in [0.3, 0.4) is 0 Å². The molecule has 2 aromatic carbocycles. The quantitative estimate of drug-likeness (QED) is 0.586. The molecular formula is C23H25ClN4O4. The van der Waals surface area contributed by atoms with Crippen molar-refractivity contribution in [3.8, 4) is 11.4 Å². The van der Waals surface area contributed by atoms with Crippen molar-refractivity contribution in [2.75, 3.05) is 39.8 Å². The first kappa shape index (κ1) is 22.1. The van der Waals surface area contributed by atoms with E-state index in [4.69, 9.17) is 16.3 Å². The zero-order chi connectivity index (χ0) is 22.8. The Morgan fingerprint density at radius 2 is 1.81 bits per heavy atom. The lowest BCUT2D eigenvalue weighted by molar-refractivity contribution is -0.133. The van der Waals surface area contributed by atoms with Crippen LogP contribution >= 0.6 is 11.6 Å². The third-order valence-electron chi connectivity index (χ3n) is 5.88. The number of piperazine rings is 1. The first-order valence-corrected chi connectivity index (χ1v) is 10.9. The Labute approximate surface area is 190 Å². The molecule has 168 valence electrons. The molecule has 1 fully saturated rings. The largest absolute Gasteiger partial charge is 0.497 e. The van der Waals surface area contributed by atoms with Crippen LogP contribution in [-0.2, 0) is 11.3 Å². The minimum Gasteiger partial charge on any atom is -0.497 e. The van der Waals surface area contributed by atoms with E-state index in [-0.39, 0.29) is 12.5 Å². The molecule has 1 saturated heterocycles. The molecule has 3 aromatic rings. The molecule has 0 spiro atoms. The number of rotatable bonds is 5. The van der Waals surface area contributed by atoms with Gasteiger partial charge in [-0.3, -0.25) is 14.2 Å². The van der Waals surface area contributed by atoms with Gasteiger partial charge in [0.15, 0.2) is 0 Å². The molecule has 0 bridgehead atoms. The number of methoxy groups -OCH3 is 1. The van der Waals surface area contributed by atoms with Gasteiger partial charge >= 0.3 is 5.69 Å². The van der Waals surface area contributed by atoms with Crippen LogP contribution in [0.5, 0.6) is 5.75 Å². The number of hydrogen-bond donors (Lipinski definition) is 0. The first-order chi connectivity index (χ1) is 15.4. The van der Waals surface area contributed by atoms with Crippen LogP contribution in [0, 0.1) is 0 Å². The third-order valence-corrected chi connectivity index (χ3v) is 6.12. The highest BCUT2D eigenvalue weighted by molar-refractivity contribution is 6.31. The van der Waals surface area contributed by atoms with E-state index in [0.29, 0.717) is 40.5 Å². The molecular weight excluding hydrogens is 432 g/mol. The normalized spacial score (nSPS) is 14.7. The molecule has 2 heterocycles. The number of amides is 1. The lowest BCUT2D eigenvalue weighted by atomic mass is 10.2. The van der Waals surface area contributed by atoms with Gasteiger partial charge < -0.3 is 14.5 Å². The molecule has 1 aliphatic heterocycles. The maximum atomic E-state index is 13.5. The number of benzene rings is 2. The number of carbonyl (C=O) groups excluding carboxylic acids is 1. The summed E-state index contributed by atoms with van der Waals surface area (Å²) >= 11 is 6.17. The van der Waals surface area contributed by atoms with Gasteiger partial charge in [0.2, 0.25) is 5.91 Å². The van der Waals surface area contributed by atoms with Crippen molar-refractivity contribution in [1.29, 1.82) is 0 Å². The minimum absolute atomic E-state index is 0.167. The number of aromatic nitrogens is 2. The standard InChI is InChI=1S/C23H25ClN4O4/c1-3-25-9-11-26(12-10-25)21(29)15-27-20-13-16(24)7-8-19(20)22(30)28(23(27)31)17-5-4-6-18(14-17)32-2/h4-8,13-14H,3,9-12,15H2,1-2H3. The highest BCUT2D eigenvalue weighted by Gasteiger charge is 2.23. The summed E-state index contributed by atoms with van der Waals surface area (Å²) < 4.78 is 7.65. The molecule has 0 unspecified atom stereocenters. The van der Waals surface area contributed by atoms with Crippen LogP contribution in [-0.4, -0.2) is 64.7 Å². The maximum Gasteiger partial charge on any atom is 0.336 e. The molecule has 0 radical (unpaired) electrons. The van der Waals surface area contributed by atoms with E-state index < -0.39 is 11.2 Å². The van der Waals surface area contributed by atoms with Gasteiger partial charge in [0.05, 0.1) is 23.7 Å². The van der Waals surface area contributed by atoms with Gasteiger partial charge in [0.1, 0.15) is 12.3 Å². The summed E-state index contributed by atoms with van der Waals surface area (Å²) in [6.07, 6.45) is 0.